The molecule has 1 heterocycles. The zero-order valence-electron chi connectivity index (χ0n) is 7.44. The second-order valence-electron chi connectivity index (χ2n) is 4.23. The van der Waals surface area contributed by atoms with E-state index < -0.39 is 0 Å². The molecule has 2 aliphatic carbocycles. The lowest BCUT2D eigenvalue weighted by molar-refractivity contribution is 0.390. The molecule has 3 nitrogen and oxygen atoms in total. The summed E-state index contributed by atoms with van der Waals surface area (Å²) in [6, 6.07) is 0.659. The van der Waals surface area contributed by atoms with Gasteiger partial charge in [0.15, 0.2) is 4.77 Å². The lowest BCUT2D eigenvalue weighted by atomic mass is 10.1. The zero-order chi connectivity index (χ0) is 8.84. The van der Waals surface area contributed by atoms with Crippen LogP contribution in [-0.2, 0) is 0 Å². The Labute approximate surface area is 82.2 Å². The van der Waals surface area contributed by atoms with Crippen molar-refractivity contribution in [3.05, 3.63) is 11.1 Å². The van der Waals surface area contributed by atoms with E-state index in [1.807, 2.05) is 6.33 Å². The van der Waals surface area contributed by atoms with Gasteiger partial charge in [-0.15, -0.1) is 0 Å². The number of nitrogens with zero attached hydrogens (tertiary/aromatic N) is 2. The van der Waals surface area contributed by atoms with E-state index in [2.05, 4.69) is 14.8 Å². The highest BCUT2D eigenvalue weighted by Crippen LogP contribution is 2.51. The maximum absolute atomic E-state index is 5.20. The third-order valence-electron chi connectivity index (χ3n) is 3.11. The summed E-state index contributed by atoms with van der Waals surface area (Å²) in [5.74, 6) is 1.77. The Kier molecular flexibility index (Phi) is 1.59. The molecular formula is C9H13N3S. The van der Waals surface area contributed by atoms with E-state index in [-0.39, 0.29) is 0 Å². The van der Waals surface area contributed by atoms with Gasteiger partial charge in [0.25, 0.3) is 0 Å². The molecular weight excluding hydrogens is 182 g/mol. The standard InChI is InChI=1S/C9H13N3S/c13-9-11-10-5-12(9)8(6-1-2-6)7-3-4-7/h5-8H,1-4H2,(H,11,13). The van der Waals surface area contributed by atoms with Gasteiger partial charge >= 0.3 is 0 Å². The summed E-state index contributed by atoms with van der Waals surface area (Å²) >= 11 is 5.20. The zero-order valence-corrected chi connectivity index (χ0v) is 8.26. The Morgan fingerprint density at radius 1 is 1.38 bits per heavy atom. The van der Waals surface area contributed by atoms with Crippen LogP contribution in [0, 0.1) is 16.6 Å². The first-order valence-corrected chi connectivity index (χ1v) is 5.38. The first-order chi connectivity index (χ1) is 6.36. The van der Waals surface area contributed by atoms with Crippen molar-refractivity contribution in [2.75, 3.05) is 0 Å². The van der Waals surface area contributed by atoms with Crippen molar-refractivity contribution in [2.24, 2.45) is 11.8 Å². The minimum Gasteiger partial charge on any atom is -0.303 e. The SMILES string of the molecule is S=c1[nH]ncn1C(C1CC1)C1CC1. The number of aromatic nitrogens is 3. The van der Waals surface area contributed by atoms with Gasteiger partial charge in [-0.25, -0.2) is 0 Å². The highest BCUT2D eigenvalue weighted by atomic mass is 32.1. The number of nitrogens with one attached hydrogen (secondary N) is 1. The lowest BCUT2D eigenvalue weighted by Crippen LogP contribution is -2.12. The second kappa shape index (κ2) is 2.67. The summed E-state index contributed by atoms with van der Waals surface area (Å²) in [5, 5.41) is 6.84. The van der Waals surface area contributed by atoms with E-state index in [0.29, 0.717) is 6.04 Å². The van der Waals surface area contributed by atoms with Crippen LogP contribution in [0.15, 0.2) is 6.33 Å². The number of hydrogen-bond donors (Lipinski definition) is 1. The summed E-state index contributed by atoms with van der Waals surface area (Å²) in [6.07, 6.45) is 7.40. The molecule has 0 aliphatic heterocycles. The first kappa shape index (κ1) is 7.74. The van der Waals surface area contributed by atoms with Crippen LogP contribution in [0.2, 0.25) is 0 Å². The predicted octanol–water partition coefficient (Wildman–Crippen LogP) is 2.30. The topological polar surface area (TPSA) is 33.6 Å². The smallest absolute Gasteiger partial charge is 0.195 e. The van der Waals surface area contributed by atoms with E-state index in [0.717, 1.165) is 16.6 Å². The van der Waals surface area contributed by atoms with Gasteiger partial charge in [-0.3, -0.25) is 5.10 Å². The number of aromatic amines is 1. The van der Waals surface area contributed by atoms with Gasteiger partial charge < -0.3 is 4.57 Å². The number of hydrogen-bond acceptors (Lipinski definition) is 2. The van der Waals surface area contributed by atoms with Crippen LogP contribution in [0.25, 0.3) is 0 Å². The van der Waals surface area contributed by atoms with E-state index in [4.69, 9.17) is 12.2 Å². The van der Waals surface area contributed by atoms with Crippen LogP contribution < -0.4 is 0 Å². The van der Waals surface area contributed by atoms with Crippen LogP contribution in [-0.4, -0.2) is 14.8 Å². The molecule has 4 heteroatoms. The minimum atomic E-state index is 0.659. The highest BCUT2D eigenvalue weighted by molar-refractivity contribution is 7.71. The molecule has 0 bridgehead atoms. The van der Waals surface area contributed by atoms with Crippen molar-refractivity contribution in [2.45, 2.75) is 31.7 Å². The molecule has 70 valence electrons. The molecule has 0 saturated heterocycles. The van der Waals surface area contributed by atoms with Crippen molar-refractivity contribution in [1.82, 2.24) is 14.8 Å². The van der Waals surface area contributed by atoms with E-state index in [1.165, 1.54) is 25.7 Å². The summed E-state index contributed by atoms with van der Waals surface area (Å²) in [6.45, 7) is 0. The quantitative estimate of drug-likeness (QED) is 0.751. The number of rotatable bonds is 3. The van der Waals surface area contributed by atoms with Gasteiger partial charge in [0.05, 0.1) is 0 Å². The summed E-state index contributed by atoms with van der Waals surface area (Å²) in [4.78, 5) is 0. The van der Waals surface area contributed by atoms with Crippen LogP contribution in [0.3, 0.4) is 0 Å². The largest absolute Gasteiger partial charge is 0.303 e. The third-order valence-corrected chi connectivity index (χ3v) is 3.41. The first-order valence-electron chi connectivity index (χ1n) is 4.98. The van der Waals surface area contributed by atoms with Crippen LogP contribution in [0.4, 0.5) is 0 Å². The maximum Gasteiger partial charge on any atom is 0.195 e. The molecule has 1 aromatic rings. The molecule has 13 heavy (non-hydrogen) atoms. The average molecular weight is 195 g/mol. The highest BCUT2D eigenvalue weighted by Gasteiger charge is 2.42. The molecule has 0 aromatic carbocycles. The molecule has 0 amide bonds. The molecule has 0 atom stereocenters. The molecule has 0 spiro atoms. The Bertz CT molecular complexity index is 347. The molecule has 2 fully saturated rings. The molecule has 2 saturated carbocycles. The van der Waals surface area contributed by atoms with Crippen LogP contribution in [0.5, 0.6) is 0 Å². The van der Waals surface area contributed by atoms with Gasteiger partial charge in [-0.2, -0.15) is 5.10 Å². The van der Waals surface area contributed by atoms with Crippen LogP contribution in [0.1, 0.15) is 31.7 Å². The molecule has 1 aromatic heterocycles. The third kappa shape index (κ3) is 1.33. The second-order valence-corrected chi connectivity index (χ2v) is 4.62. The van der Waals surface area contributed by atoms with Crippen molar-refractivity contribution >= 4 is 12.2 Å². The fraction of sp³-hybridized carbons (Fsp3) is 0.778. The minimum absolute atomic E-state index is 0.659. The van der Waals surface area contributed by atoms with Crippen LogP contribution >= 0.6 is 12.2 Å². The molecule has 2 aliphatic rings. The summed E-state index contributed by atoms with van der Waals surface area (Å²) in [5.41, 5.74) is 0. The summed E-state index contributed by atoms with van der Waals surface area (Å²) in [7, 11) is 0. The fourth-order valence-electron chi connectivity index (χ4n) is 2.18. The Balaban J connectivity index is 1.95. The van der Waals surface area contributed by atoms with E-state index >= 15 is 0 Å². The Morgan fingerprint density at radius 3 is 2.38 bits per heavy atom. The van der Waals surface area contributed by atoms with E-state index in [9.17, 15) is 0 Å². The monoisotopic (exact) mass is 195 g/mol. The van der Waals surface area contributed by atoms with Crippen molar-refractivity contribution in [3.63, 3.8) is 0 Å². The molecule has 1 N–H and O–H groups in total. The number of H-pyrrole nitrogens is 1. The Morgan fingerprint density at radius 2 is 2.00 bits per heavy atom. The van der Waals surface area contributed by atoms with Gasteiger partial charge in [-0.05, 0) is 49.7 Å². The van der Waals surface area contributed by atoms with Gasteiger partial charge in [0.1, 0.15) is 6.33 Å². The normalized spacial score (nSPS) is 22.5. The van der Waals surface area contributed by atoms with Gasteiger partial charge in [0, 0.05) is 6.04 Å². The Hall–Kier alpha value is -0.640. The maximum atomic E-state index is 5.20. The van der Waals surface area contributed by atoms with E-state index in [1.54, 1.807) is 0 Å². The molecule has 0 radical (unpaired) electrons. The molecule has 3 rings (SSSR count). The van der Waals surface area contributed by atoms with Crippen molar-refractivity contribution in [1.29, 1.82) is 0 Å². The van der Waals surface area contributed by atoms with Gasteiger partial charge in [0.2, 0.25) is 0 Å². The predicted molar refractivity (Wildman–Crippen MR) is 51.9 cm³/mol. The average Bonchev–Trinajstić information content (AvgIpc) is 2.96. The molecule has 0 unspecified atom stereocenters. The summed E-state index contributed by atoms with van der Waals surface area (Å²) < 4.78 is 2.97. The lowest BCUT2D eigenvalue weighted by Gasteiger charge is -2.15. The van der Waals surface area contributed by atoms with Crippen molar-refractivity contribution < 1.29 is 0 Å². The van der Waals surface area contributed by atoms with Crippen molar-refractivity contribution in [3.8, 4) is 0 Å². The fourth-order valence-corrected chi connectivity index (χ4v) is 2.41. The van der Waals surface area contributed by atoms with Gasteiger partial charge in [-0.1, -0.05) is 0 Å².